The maximum atomic E-state index is 13.4. The van der Waals surface area contributed by atoms with E-state index >= 15 is 0 Å². The van der Waals surface area contributed by atoms with Crippen LogP contribution in [0.2, 0.25) is 19.6 Å². The molecule has 0 aliphatic carbocycles. The number of aryl methyl sites for hydroxylation is 1. The summed E-state index contributed by atoms with van der Waals surface area (Å²) < 4.78 is 12.8. The maximum absolute atomic E-state index is 13.4. The van der Waals surface area contributed by atoms with Crippen LogP contribution in [0, 0.1) is 11.8 Å². The number of ether oxygens (including phenoxy) is 1. The fraction of sp³-hybridized carbons (Fsp3) is 0.417. The number of imidazole rings is 2. The van der Waals surface area contributed by atoms with E-state index in [0.29, 0.717) is 29.2 Å². The van der Waals surface area contributed by atoms with Crippen molar-refractivity contribution in [2.24, 2.45) is 7.05 Å². The number of halogens is 1. The highest BCUT2D eigenvalue weighted by Gasteiger charge is 2.23. The molecular weight excluding hydrogens is 528 g/mol. The van der Waals surface area contributed by atoms with Crippen LogP contribution in [0.4, 0.5) is 0 Å². The number of rotatable bonds is 7. The van der Waals surface area contributed by atoms with Gasteiger partial charge in [0.2, 0.25) is 0 Å². The minimum absolute atomic E-state index is 0.122. The van der Waals surface area contributed by atoms with E-state index in [1.165, 1.54) is 9.13 Å². The molecule has 0 saturated heterocycles. The van der Waals surface area contributed by atoms with Gasteiger partial charge >= 0.3 is 5.69 Å². The largest absolute Gasteiger partial charge is 0.361 e. The standard InChI is InChI=1S/C24H29BrN6O3Si/c1-7-8-11-30-20-21(27-23(30)25)28(3)24(33)31(22(20)32)13-17-9-10-18-19(12-17)29(14-26-18)15-34-16(2)35(4,5)6/h9-10,12,14,16H,11,13,15H2,1-6H3. The van der Waals surface area contributed by atoms with Gasteiger partial charge in [-0.1, -0.05) is 31.6 Å². The van der Waals surface area contributed by atoms with E-state index in [4.69, 9.17) is 4.74 Å². The van der Waals surface area contributed by atoms with E-state index in [2.05, 4.69) is 64.3 Å². The average molecular weight is 558 g/mol. The first-order chi connectivity index (χ1) is 16.5. The second-order valence-electron chi connectivity index (χ2n) is 9.64. The molecule has 0 N–H and O–H groups in total. The third-order valence-electron chi connectivity index (χ3n) is 6.31. The monoisotopic (exact) mass is 556 g/mol. The number of nitrogens with zero attached hydrogens (tertiary/aromatic N) is 6. The highest BCUT2D eigenvalue weighted by Crippen LogP contribution is 2.19. The molecule has 1 atom stereocenters. The van der Waals surface area contributed by atoms with E-state index in [0.717, 1.165) is 16.6 Å². The molecule has 35 heavy (non-hydrogen) atoms. The van der Waals surface area contributed by atoms with Gasteiger partial charge in [0.25, 0.3) is 5.56 Å². The van der Waals surface area contributed by atoms with Gasteiger partial charge in [-0.05, 0) is 47.5 Å². The molecule has 4 aromatic rings. The zero-order chi connectivity index (χ0) is 25.5. The van der Waals surface area contributed by atoms with E-state index in [-0.39, 0.29) is 12.3 Å². The van der Waals surface area contributed by atoms with Gasteiger partial charge in [0, 0.05) is 12.8 Å². The summed E-state index contributed by atoms with van der Waals surface area (Å²) in [7, 11) is 0.191. The van der Waals surface area contributed by atoms with Gasteiger partial charge in [-0.2, -0.15) is 0 Å². The van der Waals surface area contributed by atoms with E-state index < -0.39 is 19.3 Å². The summed E-state index contributed by atoms with van der Waals surface area (Å²) in [5.41, 5.74) is 2.55. The van der Waals surface area contributed by atoms with Crippen LogP contribution in [-0.4, -0.2) is 42.0 Å². The van der Waals surface area contributed by atoms with Crippen molar-refractivity contribution in [3.8, 4) is 11.8 Å². The summed E-state index contributed by atoms with van der Waals surface area (Å²) in [6.45, 7) is 11.5. The molecule has 9 nitrogen and oxygen atoms in total. The Labute approximate surface area is 212 Å². The summed E-state index contributed by atoms with van der Waals surface area (Å²) in [4.78, 5) is 35.4. The molecule has 0 aliphatic heterocycles. The Hall–Kier alpha value is -2.94. The van der Waals surface area contributed by atoms with Crippen LogP contribution in [-0.2, 0) is 31.6 Å². The Bertz CT molecular complexity index is 1600. The molecule has 184 valence electrons. The molecule has 0 spiro atoms. The quantitative estimate of drug-likeness (QED) is 0.198. The van der Waals surface area contributed by atoms with Gasteiger partial charge in [-0.3, -0.25) is 13.9 Å². The van der Waals surface area contributed by atoms with Crippen molar-refractivity contribution >= 4 is 46.2 Å². The molecule has 0 bridgehead atoms. The predicted octanol–water partition coefficient (Wildman–Crippen LogP) is 3.32. The number of aromatic nitrogens is 6. The van der Waals surface area contributed by atoms with Gasteiger partial charge in [0.15, 0.2) is 15.9 Å². The average Bonchev–Trinajstić information content (AvgIpc) is 3.37. The second kappa shape index (κ2) is 9.60. The van der Waals surface area contributed by atoms with Crippen molar-refractivity contribution in [3.05, 3.63) is 55.7 Å². The van der Waals surface area contributed by atoms with Crippen molar-refractivity contribution in [1.29, 1.82) is 0 Å². The Balaban J connectivity index is 1.74. The summed E-state index contributed by atoms with van der Waals surface area (Å²) in [5.74, 6) is 5.78. The first-order valence-corrected chi connectivity index (χ1v) is 15.7. The van der Waals surface area contributed by atoms with Crippen LogP contribution in [0.25, 0.3) is 22.2 Å². The highest BCUT2D eigenvalue weighted by molar-refractivity contribution is 9.10. The predicted molar refractivity (Wildman–Crippen MR) is 143 cm³/mol. The zero-order valence-electron chi connectivity index (χ0n) is 20.8. The van der Waals surface area contributed by atoms with Crippen molar-refractivity contribution in [2.45, 2.75) is 59.0 Å². The van der Waals surface area contributed by atoms with Crippen LogP contribution in [0.3, 0.4) is 0 Å². The topological polar surface area (TPSA) is 88.9 Å². The molecule has 3 heterocycles. The summed E-state index contributed by atoms with van der Waals surface area (Å²) >= 11 is 3.39. The summed E-state index contributed by atoms with van der Waals surface area (Å²) in [5, 5.41) is 0. The Morgan fingerprint density at radius 2 is 1.94 bits per heavy atom. The first kappa shape index (κ1) is 25.2. The summed E-state index contributed by atoms with van der Waals surface area (Å²) in [6, 6.07) is 5.74. The van der Waals surface area contributed by atoms with Crippen LogP contribution in [0.15, 0.2) is 38.8 Å². The zero-order valence-corrected chi connectivity index (χ0v) is 23.4. The van der Waals surface area contributed by atoms with Gasteiger partial charge < -0.3 is 13.9 Å². The molecule has 3 aromatic heterocycles. The SMILES string of the molecule is CC#CCn1c(Br)nc2c1c(=O)n(Cc1ccc3ncn(COC(C)[Si](C)(C)C)c3c1)c(=O)n2C. The van der Waals surface area contributed by atoms with Crippen molar-refractivity contribution < 1.29 is 4.74 Å². The lowest BCUT2D eigenvalue weighted by Gasteiger charge is -2.25. The van der Waals surface area contributed by atoms with Crippen LogP contribution in [0.1, 0.15) is 19.4 Å². The first-order valence-electron chi connectivity index (χ1n) is 11.3. The number of fused-ring (bicyclic) bond motifs is 2. The maximum Gasteiger partial charge on any atom is 0.332 e. The molecule has 11 heteroatoms. The van der Waals surface area contributed by atoms with Crippen molar-refractivity contribution in [3.63, 3.8) is 0 Å². The summed E-state index contributed by atoms with van der Waals surface area (Å²) in [6.07, 6.45) is 1.76. The Kier molecular flexibility index (Phi) is 6.90. The lowest BCUT2D eigenvalue weighted by Crippen LogP contribution is -2.40. The Morgan fingerprint density at radius 3 is 2.63 bits per heavy atom. The molecule has 0 amide bonds. The number of benzene rings is 1. The number of hydrogen-bond acceptors (Lipinski definition) is 5. The third kappa shape index (κ3) is 4.78. The van der Waals surface area contributed by atoms with Crippen LogP contribution in [0.5, 0.6) is 0 Å². The lowest BCUT2D eigenvalue weighted by molar-refractivity contribution is 0.0589. The fourth-order valence-electron chi connectivity index (χ4n) is 3.72. The van der Waals surface area contributed by atoms with Gasteiger partial charge in [-0.15, -0.1) is 5.92 Å². The molecule has 1 unspecified atom stereocenters. The third-order valence-corrected chi connectivity index (χ3v) is 9.52. The van der Waals surface area contributed by atoms with E-state index in [1.54, 1.807) is 24.9 Å². The fourth-order valence-corrected chi connectivity index (χ4v) is 4.76. The molecule has 0 saturated carbocycles. The molecule has 0 fully saturated rings. The van der Waals surface area contributed by atoms with Crippen LogP contribution < -0.4 is 11.2 Å². The molecule has 1 aromatic carbocycles. The smallest absolute Gasteiger partial charge is 0.332 e. The molecule has 0 aliphatic rings. The molecular formula is C24H29BrN6O3Si. The number of hydrogen-bond donors (Lipinski definition) is 0. The molecule has 4 rings (SSSR count). The van der Waals surface area contributed by atoms with Gasteiger partial charge in [0.1, 0.15) is 6.73 Å². The van der Waals surface area contributed by atoms with E-state index in [1.807, 2.05) is 22.8 Å². The minimum atomic E-state index is -1.43. The van der Waals surface area contributed by atoms with Crippen molar-refractivity contribution in [2.75, 3.05) is 0 Å². The minimum Gasteiger partial charge on any atom is -0.361 e. The van der Waals surface area contributed by atoms with E-state index in [9.17, 15) is 9.59 Å². The highest BCUT2D eigenvalue weighted by atomic mass is 79.9. The second-order valence-corrected chi connectivity index (χ2v) is 15.9. The lowest BCUT2D eigenvalue weighted by atomic mass is 10.2. The van der Waals surface area contributed by atoms with Crippen LogP contribution >= 0.6 is 15.9 Å². The van der Waals surface area contributed by atoms with Crippen molar-refractivity contribution in [1.82, 2.24) is 28.2 Å². The molecule has 0 radical (unpaired) electrons. The van der Waals surface area contributed by atoms with Gasteiger partial charge in [0.05, 0.1) is 38.5 Å². The van der Waals surface area contributed by atoms with Gasteiger partial charge in [-0.25, -0.2) is 14.8 Å². The Morgan fingerprint density at radius 1 is 1.20 bits per heavy atom. The normalized spacial score (nSPS) is 12.8.